The minimum Gasteiger partial charge on any atom is -0.348 e. The molecule has 4 aromatic rings. The Morgan fingerprint density at radius 3 is 2.70 bits per heavy atom. The maximum Gasteiger partial charge on any atom is 0.254 e. The summed E-state index contributed by atoms with van der Waals surface area (Å²) in [5.41, 5.74) is 4.42. The molecule has 1 atom stereocenters. The minimum atomic E-state index is -0.282. The van der Waals surface area contributed by atoms with Gasteiger partial charge in [0.05, 0.1) is 17.1 Å². The number of aromatic nitrogens is 3. The zero-order valence-electron chi connectivity index (χ0n) is 17.0. The summed E-state index contributed by atoms with van der Waals surface area (Å²) < 4.78 is 17.8. The molecular weight excluding hydrogens is 379 g/mol. The molecule has 1 amide bonds. The topological polar surface area (TPSA) is 43.1 Å². The Morgan fingerprint density at radius 1 is 1.13 bits per heavy atom. The van der Waals surface area contributed by atoms with Crippen molar-refractivity contribution in [3.05, 3.63) is 89.3 Å². The van der Waals surface area contributed by atoms with Gasteiger partial charge in [0.1, 0.15) is 11.6 Å². The van der Waals surface area contributed by atoms with Gasteiger partial charge in [0, 0.05) is 37.1 Å². The van der Waals surface area contributed by atoms with Crippen LogP contribution in [0.25, 0.3) is 11.0 Å². The van der Waals surface area contributed by atoms with Gasteiger partial charge in [-0.3, -0.25) is 4.79 Å². The highest BCUT2D eigenvalue weighted by Crippen LogP contribution is 2.34. The number of rotatable bonds is 3. The van der Waals surface area contributed by atoms with Gasteiger partial charge in [0.2, 0.25) is 0 Å². The van der Waals surface area contributed by atoms with Crippen molar-refractivity contribution < 1.29 is 9.18 Å². The molecule has 0 spiro atoms. The second-order valence-electron chi connectivity index (χ2n) is 7.69. The first-order valence-corrected chi connectivity index (χ1v) is 10.2. The van der Waals surface area contributed by atoms with Crippen molar-refractivity contribution in [2.45, 2.75) is 33.0 Å². The van der Waals surface area contributed by atoms with Crippen LogP contribution in [0.1, 0.15) is 40.4 Å². The van der Waals surface area contributed by atoms with E-state index in [4.69, 9.17) is 0 Å². The Bertz CT molecular complexity index is 1240. The van der Waals surface area contributed by atoms with Gasteiger partial charge in [-0.2, -0.15) is 0 Å². The van der Waals surface area contributed by atoms with Crippen LogP contribution < -0.4 is 0 Å². The van der Waals surface area contributed by atoms with Crippen LogP contribution in [0.3, 0.4) is 0 Å². The first-order chi connectivity index (χ1) is 14.6. The Hall–Kier alpha value is -3.41. The van der Waals surface area contributed by atoms with Crippen LogP contribution in [0.2, 0.25) is 0 Å². The van der Waals surface area contributed by atoms with E-state index >= 15 is 0 Å². The van der Waals surface area contributed by atoms with E-state index in [9.17, 15) is 9.18 Å². The van der Waals surface area contributed by atoms with Gasteiger partial charge >= 0.3 is 0 Å². The fraction of sp³-hybridized carbons (Fsp3) is 0.250. The smallest absolute Gasteiger partial charge is 0.254 e. The number of imidazole rings is 1. The monoisotopic (exact) mass is 402 g/mol. The minimum absolute atomic E-state index is 0.0395. The Morgan fingerprint density at radius 2 is 1.93 bits per heavy atom. The fourth-order valence-electron chi connectivity index (χ4n) is 4.55. The molecule has 0 saturated heterocycles. The molecule has 1 aliphatic rings. The third kappa shape index (κ3) is 2.91. The molecule has 0 saturated carbocycles. The van der Waals surface area contributed by atoms with Crippen LogP contribution in [0.5, 0.6) is 0 Å². The lowest BCUT2D eigenvalue weighted by Crippen LogP contribution is -2.42. The van der Waals surface area contributed by atoms with Gasteiger partial charge < -0.3 is 14.0 Å². The summed E-state index contributed by atoms with van der Waals surface area (Å²) in [4.78, 5) is 20.1. The Kier molecular flexibility index (Phi) is 4.42. The molecule has 5 rings (SSSR count). The van der Waals surface area contributed by atoms with Gasteiger partial charge in [-0.1, -0.05) is 12.1 Å². The molecule has 0 bridgehead atoms. The molecular formula is C24H23FN4O. The average Bonchev–Trinajstić information content (AvgIpc) is 3.35. The van der Waals surface area contributed by atoms with Gasteiger partial charge in [-0.25, -0.2) is 9.37 Å². The zero-order chi connectivity index (χ0) is 20.8. The van der Waals surface area contributed by atoms with Crippen LogP contribution >= 0.6 is 0 Å². The van der Waals surface area contributed by atoms with E-state index in [2.05, 4.69) is 21.0 Å². The number of fused-ring (bicyclic) bond motifs is 2. The van der Waals surface area contributed by atoms with E-state index in [0.29, 0.717) is 12.1 Å². The molecule has 0 aliphatic carbocycles. The quantitative estimate of drug-likeness (QED) is 0.505. The average molecular weight is 402 g/mol. The molecule has 152 valence electrons. The first-order valence-electron chi connectivity index (χ1n) is 10.2. The number of aryl methyl sites for hydroxylation is 2. The second kappa shape index (κ2) is 7.13. The summed E-state index contributed by atoms with van der Waals surface area (Å²) in [6.07, 6.45) is 2.03. The summed E-state index contributed by atoms with van der Waals surface area (Å²) in [5, 5.41) is 0. The molecule has 1 unspecified atom stereocenters. The molecule has 0 N–H and O–H groups in total. The van der Waals surface area contributed by atoms with E-state index in [1.807, 2.05) is 48.4 Å². The Balaban J connectivity index is 1.57. The highest BCUT2D eigenvalue weighted by Gasteiger charge is 2.32. The lowest BCUT2D eigenvalue weighted by atomic mass is 9.98. The summed E-state index contributed by atoms with van der Waals surface area (Å²) in [6.45, 7) is 6.23. The predicted molar refractivity (Wildman–Crippen MR) is 114 cm³/mol. The van der Waals surface area contributed by atoms with Gasteiger partial charge in [-0.15, -0.1) is 0 Å². The normalized spacial score (nSPS) is 16.1. The molecule has 2 aromatic heterocycles. The van der Waals surface area contributed by atoms with Gasteiger partial charge in [-0.05, 0) is 61.9 Å². The van der Waals surface area contributed by atoms with E-state index in [1.54, 1.807) is 12.1 Å². The molecule has 5 nitrogen and oxygen atoms in total. The number of amides is 1. The van der Waals surface area contributed by atoms with E-state index in [0.717, 1.165) is 41.2 Å². The lowest BCUT2D eigenvalue weighted by molar-refractivity contribution is 0.0664. The Labute approximate surface area is 174 Å². The van der Waals surface area contributed by atoms with Crippen molar-refractivity contribution in [3.8, 4) is 0 Å². The van der Waals surface area contributed by atoms with Crippen molar-refractivity contribution in [2.75, 3.05) is 6.54 Å². The summed E-state index contributed by atoms with van der Waals surface area (Å²) in [6, 6.07) is 15.9. The summed E-state index contributed by atoms with van der Waals surface area (Å²) in [5.74, 6) is 0.620. The molecule has 1 aliphatic heterocycles. The third-order valence-corrected chi connectivity index (χ3v) is 5.99. The standard InChI is InChI=1S/C24H23FN4O/c1-3-28-16(2)26-20-15-18(8-11-21(20)28)24(30)29-14-13-27-12-4-5-22(27)23(29)17-6-9-19(25)10-7-17/h4-12,15,23H,3,13-14H2,1-2H3. The zero-order valence-corrected chi connectivity index (χ0v) is 17.0. The number of hydrogen-bond donors (Lipinski definition) is 0. The van der Waals surface area contributed by atoms with E-state index < -0.39 is 0 Å². The second-order valence-corrected chi connectivity index (χ2v) is 7.69. The maximum absolute atomic E-state index is 13.6. The fourth-order valence-corrected chi connectivity index (χ4v) is 4.55. The number of benzene rings is 2. The third-order valence-electron chi connectivity index (χ3n) is 5.99. The van der Waals surface area contributed by atoms with Crippen molar-refractivity contribution in [1.29, 1.82) is 0 Å². The number of halogens is 1. The molecule has 3 heterocycles. The predicted octanol–water partition coefficient (Wildman–Crippen LogP) is 4.55. The van der Waals surface area contributed by atoms with Gasteiger partial charge in [0.15, 0.2) is 0 Å². The number of carbonyl (C=O) groups is 1. The largest absolute Gasteiger partial charge is 0.348 e. The van der Waals surface area contributed by atoms with Crippen molar-refractivity contribution in [3.63, 3.8) is 0 Å². The highest BCUT2D eigenvalue weighted by atomic mass is 19.1. The van der Waals surface area contributed by atoms with Crippen molar-refractivity contribution in [2.24, 2.45) is 0 Å². The summed E-state index contributed by atoms with van der Waals surface area (Å²) in [7, 11) is 0. The molecule has 30 heavy (non-hydrogen) atoms. The molecule has 0 radical (unpaired) electrons. The van der Waals surface area contributed by atoms with Crippen LogP contribution in [0.4, 0.5) is 4.39 Å². The van der Waals surface area contributed by atoms with Crippen molar-refractivity contribution in [1.82, 2.24) is 19.0 Å². The highest BCUT2D eigenvalue weighted by molar-refractivity contribution is 5.98. The van der Waals surface area contributed by atoms with E-state index in [-0.39, 0.29) is 17.8 Å². The van der Waals surface area contributed by atoms with E-state index in [1.165, 1.54) is 12.1 Å². The number of nitrogens with zero attached hydrogens (tertiary/aromatic N) is 4. The van der Waals surface area contributed by atoms with Crippen LogP contribution in [0.15, 0.2) is 60.8 Å². The molecule has 6 heteroatoms. The van der Waals surface area contributed by atoms with Crippen LogP contribution in [-0.2, 0) is 13.1 Å². The SMILES string of the molecule is CCn1c(C)nc2cc(C(=O)N3CCn4cccc4C3c3ccc(F)cc3)ccc21. The van der Waals surface area contributed by atoms with Gasteiger partial charge in [0.25, 0.3) is 5.91 Å². The molecule has 0 fully saturated rings. The van der Waals surface area contributed by atoms with Crippen LogP contribution in [0, 0.1) is 12.7 Å². The van der Waals surface area contributed by atoms with Crippen molar-refractivity contribution >= 4 is 16.9 Å². The number of carbonyl (C=O) groups excluding carboxylic acids is 1. The lowest BCUT2D eigenvalue weighted by Gasteiger charge is -2.37. The summed E-state index contributed by atoms with van der Waals surface area (Å²) >= 11 is 0. The van der Waals surface area contributed by atoms with Crippen LogP contribution in [-0.4, -0.2) is 31.5 Å². The number of hydrogen-bond acceptors (Lipinski definition) is 2. The maximum atomic E-state index is 13.6. The first kappa shape index (κ1) is 18.6. The molecule has 2 aromatic carbocycles.